The minimum absolute atomic E-state index is 0.572. The van der Waals surface area contributed by atoms with Gasteiger partial charge in [-0.15, -0.1) is 0 Å². The third-order valence-electron chi connectivity index (χ3n) is 1.17. The van der Waals surface area contributed by atoms with Crippen LogP contribution >= 0.6 is 0 Å². The van der Waals surface area contributed by atoms with Crippen LogP contribution < -0.4 is 5.73 Å². The molecule has 0 saturated heterocycles. The maximum atomic E-state index is 5.25. The third-order valence-corrected chi connectivity index (χ3v) is 1.17. The van der Waals surface area contributed by atoms with Gasteiger partial charge in [0.2, 0.25) is 0 Å². The lowest BCUT2D eigenvalue weighted by Crippen LogP contribution is -1.85. The van der Waals surface area contributed by atoms with Crippen molar-refractivity contribution >= 4 is 5.82 Å². The largest absolute Gasteiger partial charge is 0.384 e. The predicted molar refractivity (Wildman–Crippen MR) is 50.7 cm³/mol. The average molecular weight is 174 g/mol. The van der Waals surface area contributed by atoms with E-state index in [9.17, 15) is 0 Å². The fraction of sp³-hybridized carbons (Fsp3) is 0. The minimum Gasteiger partial charge on any atom is -0.384 e. The van der Waals surface area contributed by atoms with E-state index in [-0.39, 0.29) is 0 Å². The number of nitrogens with zero attached hydrogens (tertiary/aromatic N) is 3. The zero-order valence-electron chi connectivity index (χ0n) is 7.04. The summed E-state index contributed by atoms with van der Waals surface area (Å²) in [6.45, 7) is 0. The van der Waals surface area contributed by atoms with Crippen LogP contribution in [-0.2, 0) is 0 Å². The topological polar surface area (TPSA) is 64.7 Å². The fourth-order valence-corrected chi connectivity index (χ4v) is 0.629. The standard InChI is InChI=1S/C5H6N2.C4H4N2/c6-5-3-1-2-4-7-5;1-2-5-4-6-3-1/h1-4H,(H2,6,7);1-4H. The van der Waals surface area contributed by atoms with Crippen LogP contribution in [0.2, 0.25) is 0 Å². The number of hydrogen-bond acceptors (Lipinski definition) is 4. The van der Waals surface area contributed by atoms with Gasteiger partial charge in [0, 0.05) is 18.6 Å². The molecular weight excluding hydrogens is 164 g/mol. The predicted octanol–water partition coefficient (Wildman–Crippen LogP) is 1.14. The first-order valence-corrected chi connectivity index (χ1v) is 3.76. The van der Waals surface area contributed by atoms with Crippen LogP contribution in [-0.4, -0.2) is 15.0 Å². The Bertz CT molecular complexity index is 282. The molecule has 0 radical (unpaired) electrons. The Balaban J connectivity index is 0.000000132. The van der Waals surface area contributed by atoms with E-state index in [4.69, 9.17) is 5.73 Å². The lowest BCUT2D eigenvalue weighted by atomic mass is 10.5. The summed E-state index contributed by atoms with van der Waals surface area (Å²) in [5.41, 5.74) is 5.25. The van der Waals surface area contributed by atoms with E-state index in [2.05, 4.69) is 15.0 Å². The van der Waals surface area contributed by atoms with Gasteiger partial charge in [0.05, 0.1) is 0 Å². The zero-order chi connectivity index (χ0) is 9.36. The molecule has 0 bridgehead atoms. The molecule has 0 aromatic carbocycles. The molecule has 2 N–H and O–H groups in total. The average Bonchev–Trinajstić information content (AvgIpc) is 2.22. The number of aromatic nitrogens is 3. The molecule has 4 heteroatoms. The first-order valence-electron chi connectivity index (χ1n) is 3.76. The maximum absolute atomic E-state index is 5.25. The highest BCUT2D eigenvalue weighted by atomic mass is 14.8. The molecule has 0 spiro atoms. The minimum atomic E-state index is 0.572. The highest BCUT2D eigenvalue weighted by Crippen LogP contribution is 1.89. The SMILES string of the molecule is Nc1ccccn1.c1cncnc1. The normalized spacial score (nSPS) is 8.31. The summed E-state index contributed by atoms with van der Waals surface area (Å²) in [7, 11) is 0. The molecule has 0 unspecified atom stereocenters. The molecule has 66 valence electrons. The van der Waals surface area contributed by atoms with Crippen LogP contribution in [0, 0.1) is 0 Å². The molecule has 2 aromatic rings. The van der Waals surface area contributed by atoms with Crippen LogP contribution in [0.4, 0.5) is 5.82 Å². The van der Waals surface area contributed by atoms with Crippen molar-refractivity contribution < 1.29 is 0 Å². The van der Waals surface area contributed by atoms with E-state index in [1.54, 1.807) is 30.7 Å². The second-order valence-corrected chi connectivity index (χ2v) is 2.16. The molecule has 0 amide bonds. The molecule has 0 atom stereocenters. The van der Waals surface area contributed by atoms with E-state index < -0.39 is 0 Å². The van der Waals surface area contributed by atoms with Gasteiger partial charge in [-0.2, -0.15) is 0 Å². The zero-order valence-corrected chi connectivity index (χ0v) is 7.04. The Morgan fingerprint density at radius 2 is 1.69 bits per heavy atom. The summed E-state index contributed by atoms with van der Waals surface area (Å²) in [6, 6.07) is 7.21. The number of anilines is 1. The summed E-state index contributed by atoms with van der Waals surface area (Å²) in [6.07, 6.45) is 6.54. The van der Waals surface area contributed by atoms with Gasteiger partial charge in [0.1, 0.15) is 12.1 Å². The van der Waals surface area contributed by atoms with E-state index >= 15 is 0 Å². The summed E-state index contributed by atoms with van der Waals surface area (Å²) in [5, 5.41) is 0. The number of nitrogens with two attached hydrogens (primary N) is 1. The van der Waals surface area contributed by atoms with E-state index in [0.717, 1.165) is 0 Å². The van der Waals surface area contributed by atoms with E-state index in [1.807, 2.05) is 12.1 Å². The van der Waals surface area contributed by atoms with Crippen LogP contribution in [0.5, 0.6) is 0 Å². The molecule has 2 aromatic heterocycles. The van der Waals surface area contributed by atoms with Gasteiger partial charge in [0.15, 0.2) is 0 Å². The molecule has 0 fully saturated rings. The third kappa shape index (κ3) is 4.47. The van der Waals surface area contributed by atoms with Crippen molar-refractivity contribution in [2.24, 2.45) is 0 Å². The first-order chi connectivity index (χ1) is 6.39. The lowest BCUT2D eigenvalue weighted by molar-refractivity contribution is 1.17. The van der Waals surface area contributed by atoms with Crippen molar-refractivity contribution in [3.63, 3.8) is 0 Å². The van der Waals surface area contributed by atoms with Crippen molar-refractivity contribution in [1.29, 1.82) is 0 Å². The van der Waals surface area contributed by atoms with Crippen LogP contribution in [0.15, 0.2) is 49.2 Å². The number of hydrogen-bond donors (Lipinski definition) is 1. The molecule has 2 rings (SSSR count). The quantitative estimate of drug-likeness (QED) is 0.650. The Hall–Kier alpha value is -1.97. The number of rotatable bonds is 0. The van der Waals surface area contributed by atoms with E-state index in [0.29, 0.717) is 5.82 Å². The lowest BCUT2D eigenvalue weighted by Gasteiger charge is -1.82. The monoisotopic (exact) mass is 174 g/mol. The second kappa shape index (κ2) is 5.65. The molecule has 4 nitrogen and oxygen atoms in total. The smallest absolute Gasteiger partial charge is 0.123 e. The van der Waals surface area contributed by atoms with Crippen molar-refractivity contribution in [3.8, 4) is 0 Å². The molecule has 2 heterocycles. The molecular formula is C9H10N4. The molecule has 0 aliphatic heterocycles. The van der Waals surface area contributed by atoms with Crippen molar-refractivity contribution in [1.82, 2.24) is 15.0 Å². The van der Waals surface area contributed by atoms with Crippen LogP contribution in [0.1, 0.15) is 0 Å². The van der Waals surface area contributed by atoms with Crippen molar-refractivity contribution in [3.05, 3.63) is 49.2 Å². The first kappa shape index (κ1) is 9.12. The molecule has 0 saturated carbocycles. The second-order valence-electron chi connectivity index (χ2n) is 2.16. The Kier molecular flexibility index (Phi) is 3.96. The summed E-state index contributed by atoms with van der Waals surface area (Å²) in [5.74, 6) is 0.572. The Morgan fingerprint density at radius 3 is 1.92 bits per heavy atom. The molecule has 0 aliphatic rings. The van der Waals surface area contributed by atoms with Crippen LogP contribution in [0.25, 0.3) is 0 Å². The number of pyridine rings is 1. The Labute approximate surface area is 76.5 Å². The van der Waals surface area contributed by atoms with Crippen molar-refractivity contribution in [2.75, 3.05) is 5.73 Å². The van der Waals surface area contributed by atoms with Crippen molar-refractivity contribution in [2.45, 2.75) is 0 Å². The molecule has 13 heavy (non-hydrogen) atoms. The highest BCUT2D eigenvalue weighted by molar-refractivity contribution is 5.25. The fourth-order valence-electron chi connectivity index (χ4n) is 0.629. The Morgan fingerprint density at radius 1 is 0.923 bits per heavy atom. The number of nitrogen functional groups attached to an aromatic ring is 1. The highest BCUT2D eigenvalue weighted by Gasteiger charge is 1.73. The molecule has 0 aliphatic carbocycles. The van der Waals surface area contributed by atoms with Gasteiger partial charge in [-0.05, 0) is 18.2 Å². The summed E-state index contributed by atoms with van der Waals surface area (Å²) >= 11 is 0. The van der Waals surface area contributed by atoms with Gasteiger partial charge in [-0.1, -0.05) is 6.07 Å². The van der Waals surface area contributed by atoms with Gasteiger partial charge in [-0.3, -0.25) is 0 Å². The summed E-state index contributed by atoms with van der Waals surface area (Å²) in [4.78, 5) is 11.1. The van der Waals surface area contributed by atoms with Gasteiger partial charge >= 0.3 is 0 Å². The summed E-state index contributed by atoms with van der Waals surface area (Å²) < 4.78 is 0. The van der Waals surface area contributed by atoms with Crippen LogP contribution in [0.3, 0.4) is 0 Å². The van der Waals surface area contributed by atoms with E-state index in [1.165, 1.54) is 6.33 Å². The van der Waals surface area contributed by atoms with Gasteiger partial charge in [-0.25, -0.2) is 15.0 Å². The maximum Gasteiger partial charge on any atom is 0.123 e. The van der Waals surface area contributed by atoms with Gasteiger partial charge < -0.3 is 5.73 Å². The van der Waals surface area contributed by atoms with Gasteiger partial charge in [0.25, 0.3) is 0 Å².